The largest absolute Gasteiger partial charge is 0.377 e. The van der Waals surface area contributed by atoms with Gasteiger partial charge in [-0.2, -0.15) is 0 Å². The molecule has 0 unspecified atom stereocenters. The highest BCUT2D eigenvalue weighted by molar-refractivity contribution is 4.63. The third-order valence-electron chi connectivity index (χ3n) is 2.84. The van der Waals surface area contributed by atoms with Crippen LogP contribution in [0.15, 0.2) is 0 Å². The maximum Gasteiger partial charge on any atom is 0.0596 e. The fraction of sp³-hybridized carbons (Fsp3) is 1.00. The number of nitrogens with zero attached hydrogens (tertiary/aromatic N) is 1. The fourth-order valence-corrected chi connectivity index (χ4v) is 1.59. The van der Waals surface area contributed by atoms with Crippen molar-refractivity contribution in [2.45, 2.75) is 52.7 Å². The molecule has 0 aliphatic carbocycles. The van der Waals surface area contributed by atoms with Crippen molar-refractivity contribution in [3.8, 4) is 0 Å². The maximum atomic E-state index is 5.52. The third-order valence-corrected chi connectivity index (χ3v) is 2.84. The molecule has 3 nitrogen and oxygen atoms in total. The Morgan fingerprint density at radius 1 is 1.12 bits per heavy atom. The van der Waals surface area contributed by atoms with Crippen LogP contribution in [0.1, 0.15) is 40.5 Å². The summed E-state index contributed by atoms with van der Waals surface area (Å²) >= 11 is 0. The number of hydrogen-bond donors (Lipinski definition) is 1. The van der Waals surface area contributed by atoms with E-state index in [-0.39, 0.29) is 0 Å². The lowest BCUT2D eigenvalue weighted by Crippen LogP contribution is -2.36. The van der Waals surface area contributed by atoms with E-state index in [4.69, 9.17) is 4.74 Å². The molecule has 0 heterocycles. The lowest BCUT2D eigenvalue weighted by Gasteiger charge is -2.20. The zero-order valence-corrected chi connectivity index (χ0v) is 11.8. The standard InChI is InChI=1S/C13H30N2O/c1-6-13(7-2)14-8-9-15(5)10-11-16-12(3)4/h12-14H,6-11H2,1-5H3. The molecular formula is C13H30N2O. The van der Waals surface area contributed by atoms with Crippen LogP contribution in [0.25, 0.3) is 0 Å². The van der Waals surface area contributed by atoms with Gasteiger partial charge in [-0.1, -0.05) is 13.8 Å². The minimum atomic E-state index is 0.344. The number of ether oxygens (including phenoxy) is 1. The first-order chi connectivity index (χ1) is 7.60. The molecule has 0 fully saturated rings. The van der Waals surface area contributed by atoms with Crippen LogP contribution in [0.3, 0.4) is 0 Å². The van der Waals surface area contributed by atoms with E-state index in [1.54, 1.807) is 0 Å². The quantitative estimate of drug-likeness (QED) is 0.622. The molecule has 0 amide bonds. The van der Waals surface area contributed by atoms with Gasteiger partial charge in [-0.05, 0) is 33.7 Å². The highest BCUT2D eigenvalue weighted by Gasteiger charge is 2.03. The normalized spacial score (nSPS) is 12.0. The van der Waals surface area contributed by atoms with Crippen LogP contribution in [-0.2, 0) is 4.74 Å². The van der Waals surface area contributed by atoms with Crippen molar-refractivity contribution in [3.05, 3.63) is 0 Å². The van der Waals surface area contributed by atoms with Crippen LogP contribution >= 0.6 is 0 Å². The molecule has 0 radical (unpaired) electrons. The fourth-order valence-electron chi connectivity index (χ4n) is 1.59. The van der Waals surface area contributed by atoms with Gasteiger partial charge in [0.2, 0.25) is 0 Å². The Morgan fingerprint density at radius 3 is 2.25 bits per heavy atom. The minimum absolute atomic E-state index is 0.344. The number of hydrogen-bond acceptors (Lipinski definition) is 3. The van der Waals surface area contributed by atoms with Crippen molar-refractivity contribution in [1.82, 2.24) is 10.2 Å². The SMILES string of the molecule is CCC(CC)NCCN(C)CCOC(C)C. The Morgan fingerprint density at radius 2 is 1.75 bits per heavy atom. The van der Waals surface area contributed by atoms with Crippen molar-refractivity contribution in [1.29, 1.82) is 0 Å². The van der Waals surface area contributed by atoms with E-state index < -0.39 is 0 Å². The first-order valence-electron chi connectivity index (χ1n) is 6.63. The zero-order chi connectivity index (χ0) is 12.4. The van der Waals surface area contributed by atoms with Gasteiger partial charge in [0.15, 0.2) is 0 Å². The van der Waals surface area contributed by atoms with E-state index in [1.165, 1.54) is 12.8 Å². The van der Waals surface area contributed by atoms with Crippen molar-refractivity contribution >= 4 is 0 Å². The average Bonchev–Trinajstić information content (AvgIpc) is 2.24. The van der Waals surface area contributed by atoms with Gasteiger partial charge in [-0.25, -0.2) is 0 Å². The van der Waals surface area contributed by atoms with Crippen LogP contribution in [0.2, 0.25) is 0 Å². The molecule has 1 N–H and O–H groups in total. The van der Waals surface area contributed by atoms with Crippen molar-refractivity contribution in [2.24, 2.45) is 0 Å². The van der Waals surface area contributed by atoms with Crippen LogP contribution in [0.5, 0.6) is 0 Å². The second-order valence-corrected chi connectivity index (χ2v) is 4.69. The molecule has 0 bridgehead atoms. The van der Waals surface area contributed by atoms with Gasteiger partial charge in [-0.3, -0.25) is 0 Å². The van der Waals surface area contributed by atoms with E-state index in [2.05, 4.69) is 45.0 Å². The van der Waals surface area contributed by atoms with Crippen LogP contribution in [-0.4, -0.2) is 50.3 Å². The summed E-state index contributed by atoms with van der Waals surface area (Å²) in [5.41, 5.74) is 0. The Hall–Kier alpha value is -0.120. The predicted molar refractivity (Wildman–Crippen MR) is 71.0 cm³/mol. The average molecular weight is 230 g/mol. The van der Waals surface area contributed by atoms with Crippen LogP contribution in [0, 0.1) is 0 Å². The van der Waals surface area contributed by atoms with Crippen molar-refractivity contribution in [3.63, 3.8) is 0 Å². The molecule has 0 spiro atoms. The molecule has 0 aliphatic rings. The molecule has 0 saturated carbocycles. The number of likely N-dealkylation sites (N-methyl/N-ethyl adjacent to an activating group) is 1. The molecule has 0 atom stereocenters. The third kappa shape index (κ3) is 9.13. The predicted octanol–water partition coefficient (Wildman–Crippen LogP) is 2.12. The molecule has 98 valence electrons. The Bertz CT molecular complexity index is 147. The summed E-state index contributed by atoms with van der Waals surface area (Å²) in [6.45, 7) is 12.6. The first-order valence-corrected chi connectivity index (χ1v) is 6.63. The summed E-state index contributed by atoms with van der Waals surface area (Å²) in [6.07, 6.45) is 2.78. The van der Waals surface area contributed by atoms with Gasteiger partial charge >= 0.3 is 0 Å². The second kappa shape index (κ2) is 10.1. The van der Waals surface area contributed by atoms with E-state index in [0.29, 0.717) is 12.1 Å². The van der Waals surface area contributed by atoms with E-state index >= 15 is 0 Å². The van der Waals surface area contributed by atoms with E-state index in [1.807, 2.05) is 0 Å². The van der Waals surface area contributed by atoms with Crippen molar-refractivity contribution < 1.29 is 4.74 Å². The molecule has 0 aromatic carbocycles. The summed E-state index contributed by atoms with van der Waals surface area (Å²) in [6, 6.07) is 0.681. The van der Waals surface area contributed by atoms with Gasteiger partial charge in [0.05, 0.1) is 12.7 Å². The molecule has 0 rings (SSSR count). The molecule has 3 heteroatoms. The van der Waals surface area contributed by atoms with E-state index in [0.717, 1.165) is 26.2 Å². The molecule has 0 aromatic rings. The molecule has 0 aliphatic heterocycles. The summed E-state index contributed by atoms with van der Waals surface area (Å²) in [5.74, 6) is 0. The van der Waals surface area contributed by atoms with E-state index in [9.17, 15) is 0 Å². The summed E-state index contributed by atoms with van der Waals surface area (Å²) < 4.78 is 5.52. The van der Waals surface area contributed by atoms with Gasteiger partial charge in [0.25, 0.3) is 0 Å². The van der Waals surface area contributed by atoms with Crippen molar-refractivity contribution in [2.75, 3.05) is 33.3 Å². The smallest absolute Gasteiger partial charge is 0.0596 e. The minimum Gasteiger partial charge on any atom is -0.377 e. The molecule has 16 heavy (non-hydrogen) atoms. The van der Waals surface area contributed by atoms with Gasteiger partial charge in [0.1, 0.15) is 0 Å². The summed E-state index contributed by atoms with van der Waals surface area (Å²) in [4.78, 5) is 2.32. The van der Waals surface area contributed by atoms with Gasteiger partial charge in [0, 0.05) is 25.7 Å². The monoisotopic (exact) mass is 230 g/mol. The lowest BCUT2D eigenvalue weighted by molar-refractivity contribution is 0.0639. The molecular weight excluding hydrogens is 200 g/mol. The first kappa shape index (κ1) is 15.9. The Labute approximate surface area is 102 Å². The number of nitrogens with one attached hydrogen (secondary N) is 1. The van der Waals surface area contributed by atoms with Crippen LogP contribution in [0.4, 0.5) is 0 Å². The summed E-state index contributed by atoms with van der Waals surface area (Å²) in [5, 5.41) is 3.57. The van der Waals surface area contributed by atoms with Crippen LogP contribution < -0.4 is 5.32 Å². The number of rotatable bonds is 10. The van der Waals surface area contributed by atoms with Gasteiger partial charge in [-0.15, -0.1) is 0 Å². The summed E-state index contributed by atoms with van der Waals surface area (Å²) in [7, 11) is 2.15. The highest BCUT2D eigenvalue weighted by Crippen LogP contribution is 1.95. The molecule has 0 saturated heterocycles. The maximum absolute atomic E-state index is 5.52. The topological polar surface area (TPSA) is 24.5 Å². The highest BCUT2D eigenvalue weighted by atomic mass is 16.5. The Balaban J connectivity index is 3.39. The second-order valence-electron chi connectivity index (χ2n) is 4.69. The lowest BCUT2D eigenvalue weighted by atomic mass is 10.2. The molecule has 0 aromatic heterocycles. The van der Waals surface area contributed by atoms with Gasteiger partial charge < -0.3 is 15.0 Å². The Kier molecular flexibility index (Phi) is 9.99. The zero-order valence-electron chi connectivity index (χ0n) is 11.8.